The molecular weight excluding hydrogens is 306 g/mol. The second-order valence-corrected chi connectivity index (χ2v) is 5.03. The number of benzene rings is 1. The summed E-state index contributed by atoms with van der Waals surface area (Å²) in [6.45, 7) is 2.61. The maximum Gasteiger partial charge on any atom is 0.268 e. The summed E-state index contributed by atoms with van der Waals surface area (Å²) in [6, 6.07) is 3.06. The van der Waals surface area contributed by atoms with Crippen molar-refractivity contribution in [1.29, 1.82) is 0 Å². The Morgan fingerprint density at radius 3 is 3.04 bits per heavy atom. The zero-order valence-electron chi connectivity index (χ0n) is 12.3. The summed E-state index contributed by atoms with van der Waals surface area (Å²) in [4.78, 5) is 17.2. The zero-order chi connectivity index (χ0) is 16.4. The standard InChI is InChI=1S/C15H14F2N4O2/c1-2-21-8-10(7-18-21)19-15(22)14-6-13(20-23-14)11-5-9(16)3-4-12(11)17/h3-5,7-8,14H,2,6H2,1H3,(H,19,22)/t14-/m1/s1. The van der Waals surface area contributed by atoms with Crippen LogP contribution in [0, 0.1) is 11.6 Å². The largest absolute Gasteiger partial charge is 0.382 e. The second kappa shape index (κ2) is 6.15. The minimum Gasteiger partial charge on any atom is -0.382 e. The lowest BCUT2D eigenvalue weighted by Crippen LogP contribution is -2.28. The van der Waals surface area contributed by atoms with E-state index in [9.17, 15) is 13.6 Å². The van der Waals surface area contributed by atoms with Gasteiger partial charge in [-0.3, -0.25) is 9.48 Å². The van der Waals surface area contributed by atoms with Gasteiger partial charge in [0, 0.05) is 24.7 Å². The van der Waals surface area contributed by atoms with Gasteiger partial charge in [0.2, 0.25) is 6.10 Å². The number of halogens is 2. The molecule has 0 saturated heterocycles. The van der Waals surface area contributed by atoms with Crippen molar-refractivity contribution < 1.29 is 18.4 Å². The van der Waals surface area contributed by atoms with Crippen LogP contribution in [0.3, 0.4) is 0 Å². The molecule has 0 bridgehead atoms. The first-order valence-electron chi connectivity index (χ1n) is 7.08. The number of aryl methyl sites for hydroxylation is 1. The van der Waals surface area contributed by atoms with Crippen molar-refractivity contribution in [3.05, 3.63) is 47.8 Å². The lowest BCUT2D eigenvalue weighted by atomic mass is 10.0. The van der Waals surface area contributed by atoms with E-state index in [1.807, 2.05) is 6.92 Å². The van der Waals surface area contributed by atoms with Crippen LogP contribution in [0.1, 0.15) is 18.9 Å². The Balaban J connectivity index is 1.66. The lowest BCUT2D eigenvalue weighted by Gasteiger charge is -2.07. The van der Waals surface area contributed by atoms with Crippen molar-refractivity contribution in [2.24, 2.45) is 5.16 Å². The van der Waals surface area contributed by atoms with Crippen LogP contribution in [0.5, 0.6) is 0 Å². The maximum absolute atomic E-state index is 13.7. The molecular formula is C15H14F2N4O2. The highest BCUT2D eigenvalue weighted by Gasteiger charge is 2.30. The quantitative estimate of drug-likeness (QED) is 0.940. The highest BCUT2D eigenvalue weighted by Crippen LogP contribution is 2.21. The number of nitrogens with one attached hydrogen (secondary N) is 1. The Bertz CT molecular complexity index is 773. The van der Waals surface area contributed by atoms with Gasteiger partial charge < -0.3 is 10.2 Å². The summed E-state index contributed by atoms with van der Waals surface area (Å²) in [5.74, 6) is -1.61. The number of nitrogens with zero attached hydrogens (tertiary/aromatic N) is 3. The lowest BCUT2D eigenvalue weighted by molar-refractivity contribution is -0.125. The van der Waals surface area contributed by atoms with Gasteiger partial charge in [-0.1, -0.05) is 5.16 Å². The van der Waals surface area contributed by atoms with Crippen LogP contribution in [0.2, 0.25) is 0 Å². The molecule has 3 rings (SSSR count). The highest BCUT2D eigenvalue weighted by atomic mass is 19.1. The summed E-state index contributed by atoms with van der Waals surface area (Å²) in [7, 11) is 0. The Hall–Kier alpha value is -2.77. The number of carbonyl (C=O) groups is 1. The molecule has 1 N–H and O–H groups in total. The molecule has 0 spiro atoms. The van der Waals surface area contributed by atoms with Crippen molar-refractivity contribution in [3.8, 4) is 0 Å². The number of hydrogen-bond acceptors (Lipinski definition) is 4. The molecule has 6 nitrogen and oxygen atoms in total. The molecule has 1 atom stereocenters. The molecule has 1 aromatic heterocycles. The van der Waals surface area contributed by atoms with Crippen molar-refractivity contribution in [3.63, 3.8) is 0 Å². The van der Waals surface area contributed by atoms with E-state index in [2.05, 4.69) is 15.6 Å². The molecule has 0 aliphatic carbocycles. The molecule has 8 heteroatoms. The Morgan fingerprint density at radius 2 is 2.30 bits per heavy atom. The Kier molecular flexibility index (Phi) is 4.05. The van der Waals surface area contributed by atoms with E-state index in [1.54, 1.807) is 10.9 Å². The third-order valence-electron chi connectivity index (χ3n) is 3.43. The van der Waals surface area contributed by atoms with E-state index in [1.165, 1.54) is 6.20 Å². The summed E-state index contributed by atoms with van der Waals surface area (Å²) in [5.41, 5.74) is 0.733. The van der Waals surface area contributed by atoms with Gasteiger partial charge in [0.1, 0.15) is 11.6 Å². The van der Waals surface area contributed by atoms with Crippen LogP contribution >= 0.6 is 0 Å². The molecule has 0 radical (unpaired) electrons. The number of anilines is 1. The number of oxime groups is 1. The fourth-order valence-electron chi connectivity index (χ4n) is 2.22. The predicted molar refractivity (Wildman–Crippen MR) is 78.9 cm³/mol. The van der Waals surface area contributed by atoms with Crippen LogP contribution < -0.4 is 5.32 Å². The Morgan fingerprint density at radius 1 is 1.48 bits per heavy atom. The van der Waals surface area contributed by atoms with Crippen LogP contribution in [0.25, 0.3) is 0 Å². The van der Waals surface area contributed by atoms with Gasteiger partial charge in [-0.15, -0.1) is 0 Å². The first kappa shape index (κ1) is 15.1. The maximum atomic E-state index is 13.7. The van der Waals surface area contributed by atoms with Crippen molar-refractivity contribution in [2.45, 2.75) is 26.0 Å². The smallest absolute Gasteiger partial charge is 0.268 e. The number of hydrogen-bond donors (Lipinski definition) is 1. The summed E-state index contributed by atoms with van der Waals surface area (Å²) >= 11 is 0. The monoisotopic (exact) mass is 320 g/mol. The van der Waals surface area contributed by atoms with Gasteiger partial charge in [-0.25, -0.2) is 8.78 Å². The molecule has 1 amide bonds. The average Bonchev–Trinajstić information content (AvgIpc) is 3.18. The normalized spacial score (nSPS) is 16.8. The van der Waals surface area contributed by atoms with Gasteiger partial charge in [-0.05, 0) is 25.1 Å². The number of aromatic nitrogens is 2. The van der Waals surface area contributed by atoms with Crippen LogP contribution in [-0.4, -0.2) is 27.5 Å². The number of amides is 1. The van der Waals surface area contributed by atoms with E-state index >= 15 is 0 Å². The molecule has 0 saturated carbocycles. The second-order valence-electron chi connectivity index (χ2n) is 5.03. The van der Waals surface area contributed by atoms with Crippen LogP contribution in [0.4, 0.5) is 14.5 Å². The zero-order valence-corrected chi connectivity index (χ0v) is 12.3. The first-order valence-corrected chi connectivity index (χ1v) is 7.08. The summed E-state index contributed by atoms with van der Waals surface area (Å²) < 4.78 is 28.6. The van der Waals surface area contributed by atoms with Crippen molar-refractivity contribution in [1.82, 2.24) is 9.78 Å². The van der Waals surface area contributed by atoms with Gasteiger partial charge in [0.05, 0.1) is 17.6 Å². The van der Waals surface area contributed by atoms with Crippen LogP contribution in [0.15, 0.2) is 35.7 Å². The molecule has 0 fully saturated rings. The molecule has 1 aromatic carbocycles. The minimum absolute atomic E-state index is 0.000831. The minimum atomic E-state index is -0.891. The summed E-state index contributed by atoms with van der Waals surface area (Å²) in [6.07, 6.45) is 2.37. The van der Waals surface area contributed by atoms with E-state index in [0.717, 1.165) is 18.2 Å². The van der Waals surface area contributed by atoms with E-state index in [-0.39, 0.29) is 17.7 Å². The SMILES string of the molecule is CCn1cc(NC(=O)[C@H]2CC(c3cc(F)ccc3F)=NO2)cn1. The number of rotatable bonds is 4. The van der Waals surface area contributed by atoms with E-state index in [4.69, 9.17) is 4.84 Å². The molecule has 2 heterocycles. The molecule has 1 aliphatic heterocycles. The first-order chi connectivity index (χ1) is 11.1. The van der Waals surface area contributed by atoms with Gasteiger partial charge in [0.15, 0.2) is 0 Å². The fraction of sp³-hybridized carbons (Fsp3) is 0.267. The van der Waals surface area contributed by atoms with E-state index < -0.39 is 23.6 Å². The van der Waals surface area contributed by atoms with Gasteiger partial charge in [0.25, 0.3) is 5.91 Å². The van der Waals surface area contributed by atoms with Crippen LogP contribution in [-0.2, 0) is 16.2 Å². The molecule has 120 valence electrons. The van der Waals surface area contributed by atoms with Gasteiger partial charge in [-0.2, -0.15) is 5.10 Å². The molecule has 1 aliphatic rings. The Labute approximate surface area is 130 Å². The highest BCUT2D eigenvalue weighted by molar-refractivity contribution is 6.06. The van der Waals surface area contributed by atoms with Crippen molar-refractivity contribution in [2.75, 3.05) is 5.32 Å². The topological polar surface area (TPSA) is 68.5 Å². The third kappa shape index (κ3) is 3.20. The predicted octanol–water partition coefficient (Wildman–Crippen LogP) is 2.31. The molecule has 0 unspecified atom stereocenters. The fourth-order valence-corrected chi connectivity index (χ4v) is 2.22. The average molecular weight is 320 g/mol. The van der Waals surface area contributed by atoms with E-state index in [0.29, 0.717) is 12.2 Å². The third-order valence-corrected chi connectivity index (χ3v) is 3.43. The van der Waals surface area contributed by atoms with Gasteiger partial charge >= 0.3 is 0 Å². The van der Waals surface area contributed by atoms with Crippen molar-refractivity contribution >= 4 is 17.3 Å². The summed E-state index contributed by atoms with van der Waals surface area (Å²) in [5, 5.41) is 10.4. The molecule has 23 heavy (non-hydrogen) atoms. The molecule has 2 aromatic rings. The number of carbonyl (C=O) groups excluding carboxylic acids is 1.